The van der Waals surface area contributed by atoms with Crippen LogP contribution in [0.15, 0.2) is 10.5 Å². The van der Waals surface area contributed by atoms with Gasteiger partial charge in [0.1, 0.15) is 11.6 Å². The van der Waals surface area contributed by atoms with E-state index in [9.17, 15) is 9.18 Å². The Morgan fingerprint density at radius 2 is 2.32 bits per heavy atom. The largest absolute Gasteiger partial charge is 0.493 e. The molecule has 1 unspecified atom stereocenters. The van der Waals surface area contributed by atoms with E-state index >= 15 is 0 Å². The minimum absolute atomic E-state index is 0.0567. The highest BCUT2D eigenvalue weighted by atomic mass is 79.9. The van der Waals surface area contributed by atoms with Crippen molar-refractivity contribution in [2.75, 3.05) is 13.2 Å². The van der Waals surface area contributed by atoms with E-state index < -0.39 is 0 Å². The number of hydrogen-bond donors (Lipinski definition) is 1. The Labute approximate surface area is 120 Å². The van der Waals surface area contributed by atoms with E-state index in [4.69, 9.17) is 4.74 Å². The van der Waals surface area contributed by atoms with Crippen LogP contribution in [0, 0.1) is 5.82 Å². The van der Waals surface area contributed by atoms with Crippen molar-refractivity contribution in [3.8, 4) is 5.75 Å². The first-order valence-electron chi connectivity index (χ1n) is 6.49. The van der Waals surface area contributed by atoms with Crippen LogP contribution in [-0.2, 0) is 0 Å². The molecule has 0 radical (unpaired) electrons. The van der Waals surface area contributed by atoms with Crippen molar-refractivity contribution in [2.45, 2.75) is 32.6 Å². The van der Waals surface area contributed by atoms with E-state index in [2.05, 4.69) is 28.2 Å². The van der Waals surface area contributed by atoms with Crippen molar-refractivity contribution in [3.63, 3.8) is 0 Å². The lowest BCUT2D eigenvalue weighted by molar-refractivity contribution is 0.0935. The maximum atomic E-state index is 14.2. The Kier molecular flexibility index (Phi) is 4.45. The number of unbranched alkanes of at least 4 members (excludes halogenated alkanes) is 1. The molecule has 2 rings (SSSR count). The van der Waals surface area contributed by atoms with E-state index in [1.165, 1.54) is 0 Å². The predicted molar refractivity (Wildman–Crippen MR) is 75.3 cm³/mol. The first-order valence-corrected chi connectivity index (χ1v) is 7.28. The summed E-state index contributed by atoms with van der Waals surface area (Å²) in [6, 6.07) is 1.54. The smallest absolute Gasteiger partial charge is 0.255 e. The van der Waals surface area contributed by atoms with Gasteiger partial charge in [-0.1, -0.05) is 20.3 Å². The Hall–Kier alpha value is -1.10. The Morgan fingerprint density at radius 3 is 3.00 bits per heavy atom. The van der Waals surface area contributed by atoms with Gasteiger partial charge in [0.25, 0.3) is 5.91 Å². The van der Waals surface area contributed by atoms with Gasteiger partial charge >= 0.3 is 0 Å². The van der Waals surface area contributed by atoms with Crippen LogP contribution < -0.4 is 10.1 Å². The maximum absolute atomic E-state index is 14.2. The molecule has 0 fully saturated rings. The van der Waals surface area contributed by atoms with Crippen LogP contribution in [0.4, 0.5) is 4.39 Å². The summed E-state index contributed by atoms with van der Waals surface area (Å²) >= 11 is 3.19. The minimum Gasteiger partial charge on any atom is -0.493 e. The molecular weight excluding hydrogens is 313 g/mol. The first kappa shape index (κ1) is 14.3. The van der Waals surface area contributed by atoms with E-state index in [0.29, 0.717) is 34.5 Å². The predicted octanol–water partition coefficient (Wildman–Crippen LogP) is 3.61. The van der Waals surface area contributed by atoms with E-state index in [-0.39, 0.29) is 17.6 Å². The fraction of sp³-hybridized carbons (Fsp3) is 0.500. The molecule has 0 aromatic heterocycles. The molecular formula is C14H17BrFNO2. The maximum Gasteiger partial charge on any atom is 0.255 e. The summed E-state index contributed by atoms with van der Waals surface area (Å²) in [6.07, 6.45) is 1.91. The summed E-state index contributed by atoms with van der Waals surface area (Å²) in [5.41, 5.74) is 0.792. The quantitative estimate of drug-likeness (QED) is 0.857. The van der Waals surface area contributed by atoms with Crippen LogP contribution in [-0.4, -0.2) is 19.1 Å². The Balaban J connectivity index is 2.46. The second-order valence-electron chi connectivity index (χ2n) is 4.77. The standard InChI is InChI=1S/C14H17BrFNO2/c1-3-4-5-19-10-6-9(15)13(16)11-8(2)7-17-14(18)12(10)11/h6,8H,3-5,7H2,1-2H3,(H,17,18). The average molecular weight is 330 g/mol. The molecule has 1 N–H and O–H groups in total. The lowest BCUT2D eigenvalue weighted by atomic mass is 9.90. The van der Waals surface area contributed by atoms with Gasteiger partial charge in [-0.05, 0) is 28.4 Å². The van der Waals surface area contributed by atoms with Crippen molar-refractivity contribution in [2.24, 2.45) is 0 Å². The Morgan fingerprint density at radius 1 is 1.58 bits per heavy atom. The third kappa shape index (κ3) is 2.76. The van der Waals surface area contributed by atoms with Gasteiger partial charge in [-0.2, -0.15) is 0 Å². The summed E-state index contributed by atoms with van der Waals surface area (Å²) in [5.74, 6) is -0.217. The summed E-state index contributed by atoms with van der Waals surface area (Å²) < 4.78 is 20.2. The van der Waals surface area contributed by atoms with Crippen molar-refractivity contribution in [1.82, 2.24) is 5.32 Å². The highest BCUT2D eigenvalue weighted by Crippen LogP contribution is 2.37. The zero-order valence-corrected chi connectivity index (χ0v) is 12.6. The molecule has 1 atom stereocenters. The molecule has 0 bridgehead atoms. The number of hydrogen-bond acceptors (Lipinski definition) is 2. The topological polar surface area (TPSA) is 38.3 Å². The molecule has 1 aliphatic rings. The average Bonchev–Trinajstić information content (AvgIpc) is 2.38. The van der Waals surface area contributed by atoms with Gasteiger partial charge < -0.3 is 10.1 Å². The van der Waals surface area contributed by atoms with Gasteiger partial charge in [0.2, 0.25) is 0 Å². The molecule has 1 amide bonds. The van der Waals surface area contributed by atoms with Gasteiger partial charge in [-0.3, -0.25) is 4.79 Å². The van der Waals surface area contributed by atoms with Crippen molar-refractivity contribution < 1.29 is 13.9 Å². The van der Waals surface area contributed by atoms with Gasteiger partial charge in [-0.15, -0.1) is 0 Å². The summed E-state index contributed by atoms with van der Waals surface area (Å²) in [5, 5.41) is 2.76. The van der Waals surface area contributed by atoms with Gasteiger partial charge in [0.15, 0.2) is 0 Å². The first-order chi connectivity index (χ1) is 9.06. The van der Waals surface area contributed by atoms with Crippen LogP contribution in [0.2, 0.25) is 0 Å². The number of fused-ring (bicyclic) bond motifs is 1. The molecule has 104 valence electrons. The Bertz CT molecular complexity index is 505. The van der Waals surface area contributed by atoms with Crippen LogP contribution in [0.25, 0.3) is 0 Å². The van der Waals surface area contributed by atoms with E-state index in [1.54, 1.807) is 6.07 Å². The number of carbonyl (C=O) groups is 1. The third-order valence-electron chi connectivity index (χ3n) is 3.26. The van der Waals surface area contributed by atoms with Gasteiger partial charge in [0, 0.05) is 18.0 Å². The fourth-order valence-corrected chi connectivity index (χ4v) is 2.62. The second kappa shape index (κ2) is 5.90. The SMILES string of the molecule is CCCCOc1cc(Br)c(F)c2c1C(=O)NCC2C. The second-order valence-corrected chi connectivity index (χ2v) is 5.63. The van der Waals surface area contributed by atoms with Crippen molar-refractivity contribution >= 4 is 21.8 Å². The van der Waals surface area contributed by atoms with E-state index in [0.717, 1.165) is 12.8 Å². The van der Waals surface area contributed by atoms with Crippen LogP contribution >= 0.6 is 15.9 Å². The number of rotatable bonds is 4. The zero-order chi connectivity index (χ0) is 14.0. The summed E-state index contributed by atoms with van der Waals surface area (Å²) in [7, 11) is 0. The highest BCUT2D eigenvalue weighted by molar-refractivity contribution is 9.10. The van der Waals surface area contributed by atoms with Gasteiger partial charge in [0.05, 0.1) is 16.6 Å². The molecule has 1 aromatic carbocycles. The fourth-order valence-electron chi connectivity index (χ4n) is 2.20. The zero-order valence-electron chi connectivity index (χ0n) is 11.1. The van der Waals surface area contributed by atoms with Gasteiger partial charge in [-0.25, -0.2) is 4.39 Å². The molecule has 19 heavy (non-hydrogen) atoms. The molecule has 0 saturated heterocycles. The van der Waals surface area contributed by atoms with Crippen LogP contribution in [0.3, 0.4) is 0 Å². The van der Waals surface area contributed by atoms with E-state index in [1.807, 2.05) is 6.92 Å². The third-order valence-corrected chi connectivity index (χ3v) is 3.84. The lowest BCUT2D eigenvalue weighted by Crippen LogP contribution is -2.35. The number of carbonyl (C=O) groups excluding carboxylic acids is 1. The number of benzene rings is 1. The van der Waals surface area contributed by atoms with Crippen molar-refractivity contribution in [3.05, 3.63) is 27.5 Å². The highest BCUT2D eigenvalue weighted by Gasteiger charge is 2.30. The number of amides is 1. The molecule has 0 saturated carbocycles. The molecule has 1 heterocycles. The molecule has 5 heteroatoms. The van der Waals surface area contributed by atoms with Crippen LogP contribution in [0.5, 0.6) is 5.75 Å². The summed E-state index contributed by atoms with van der Waals surface area (Å²) in [6.45, 7) is 4.94. The molecule has 1 aromatic rings. The van der Waals surface area contributed by atoms with Crippen LogP contribution in [0.1, 0.15) is 48.5 Å². The summed E-state index contributed by atoms with van der Waals surface area (Å²) in [4.78, 5) is 12.0. The van der Waals surface area contributed by atoms with Crippen molar-refractivity contribution in [1.29, 1.82) is 0 Å². The lowest BCUT2D eigenvalue weighted by Gasteiger charge is -2.25. The molecule has 1 aliphatic heterocycles. The molecule has 0 aliphatic carbocycles. The number of halogens is 2. The molecule has 3 nitrogen and oxygen atoms in total. The normalized spacial score (nSPS) is 17.9. The monoisotopic (exact) mass is 329 g/mol. The number of nitrogens with one attached hydrogen (secondary N) is 1. The number of ether oxygens (including phenoxy) is 1. The molecule has 0 spiro atoms. The minimum atomic E-state index is -0.361.